The summed E-state index contributed by atoms with van der Waals surface area (Å²) in [5, 5.41) is 15.7. The van der Waals surface area contributed by atoms with Crippen molar-refractivity contribution in [2.45, 2.75) is 23.0 Å². The van der Waals surface area contributed by atoms with Gasteiger partial charge in [0.15, 0.2) is 22.5 Å². The molecule has 0 spiro atoms. The minimum atomic E-state index is -0.406. The maximum Gasteiger partial charge on any atom is 0.261 e. The van der Waals surface area contributed by atoms with Crippen LogP contribution in [0.4, 0.5) is 11.5 Å². The van der Waals surface area contributed by atoms with E-state index in [0.717, 1.165) is 67.4 Å². The third kappa shape index (κ3) is 6.73. The first-order chi connectivity index (χ1) is 23.4. The number of piperazine rings is 1. The van der Waals surface area contributed by atoms with Crippen LogP contribution in [0.15, 0.2) is 76.4 Å². The average Bonchev–Trinajstić information content (AvgIpc) is 3.70. The standard InChI is InChI=1S/C35H33IN8O3S/c1-42-11-13-43(14-12-42)26-6-5-23-15-22(3-4-24(23)17-26)16-25(20-37)34(45)40-8-2-10-44-28-7-9-39-33(38)32(28)41-35(44)48-31-19-30-29(18-27(31)36)46-21-47-30/h3-7,9,15-19H,2,8,10-14,21H2,1H3,(H2,38,39)(H,40,45). The molecule has 1 saturated heterocycles. The van der Waals surface area contributed by atoms with Crippen molar-refractivity contribution >= 4 is 79.6 Å². The number of benzene rings is 3. The fraction of sp³-hybridized carbons (Fsp3) is 0.257. The van der Waals surface area contributed by atoms with Gasteiger partial charge in [-0.25, -0.2) is 9.97 Å². The number of hydrogen-bond donors (Lipinski definition) is 2. The van der Waals surface area contributed by atoms with E-state index < -0.39 is 5.91 Å². The Morgan fingerprint density at radius 1 is 1.08 bits per heavy atom. The van der Waals surface area contributed by atoms with Crippen molar-refractivity contribution in [2.24, 2.45) is 0 Å². The first-order valence-corrected chi connectivity index (χ1v) is 17.5. The Bertz CT molecular complexity index is 2100. The number of carbonyl (C=O) groups is 1. The predicted molar refractivity (Wildman–Crippen MR) is 196 cm³/mol. The summed E-state index contributed by atoms with van der Waals surface area (Å²) in [7, 11) is 2.15. The summed E-state index contributed by atoms with van der Waals surface area (Å²) < 4.78 is 14.2. The van der Waals surface area contributed by atoms with Crippen LogP contribution in [0.1, 0.15) is 12.0 Å². The van der Waals surface area contributed by atoms with E-state index in [1.54, 1.807) is 12.3 Å². The topological polar surface area (TPSA) is 135 Å². The second-order valence-electron chi connectivity index (χ2n) is 11.7. The number of rotatable bonds is 9. The van der Waals surface area contributed by atoms with Gasteiger partial charge in [0.1, 0.15) is 17.2 Å². The van der Waals surface area contributed by atoms with Gasteiger partial charge < -0.3 is 34.9 Å². The Morgan fingerprint density at radius 2 is 1.85 bits per heavy atom. The highest BCUT2D eigenvalue weighted by molar-refractivity contribution is 14.1. The molecule has 7 rings (SSSR count). The van der Waals surface area contributed by atoms with Crippen LogP contribution in [0.2, 0.25) is 0 Å². The summed E-state index contributed by atoms with van der Waals surface area (Å²) >= 11 is 3.78. The third-order valence-corrected chi connectivity index (χ3v) is 10.8. The molecular weight excluding hydrogens is 739 g/mol. The van der Waals surface area contributed by atoms with Crippen LogP contribution < -0.4 is 25.4 Å². The van der Waals surface area contributed by atoms with E-state index in [1.807, 2.05) is 36.4 Å². The molecule has 1 amide bonds. The number of nitrogens with one attached hydrogen (secondary N) is 1. The van der Waals surface area contributed by atoms with Crippen molar-refractivity contribution in [3.63, 3.8) is 0 Å². The lowest BCUT2D eigenvalue weighted by molar-refractivity contribution is -0.117. The zero-order chi connectivity index (χ0) is 33.2. The van der Waals surface area contributed by atoms with E-state index >= 15 is 0 Å². The van der Waals surface area contributed by atoms with Gasteiger partial charge in [0, 0.05) is 59.6 Å². The molecule has 0 saturated carbocycles. The quantitative estimate of drug-likeness (QED) is 0.0855. The molecule has 1 fully saturated rings. The van der Waals surface area contributed by atoms with E-state index in [-0.39, 0.29) is 12.4 Å². The summed E-state index contributed by atoms with van der Waals surface area (Å²) in [6.07, 6.45) is 3.92. The van der Waals surface area contributed by atoms with Gasteiger partial charge in [-0.1, -0.05) is 30.0 Å². The lowest BCUT2D eigenvalue weighted by atomic mass is 10.0. The molecule has 0 unspecified atom stereocenters. The van der Waals surface area contributed by atoms with Crippen molar-refractivity contribution in [1.82, 2.24) is 24.8 Å². The first kappa shape index (κ1) is 32.0. The van der Waals surface area contributed by atoms with E-state index in [0.29, 0.717) is 36.6 Å². The molecule has 244 valence electrons. The minimum Gasteiger partial charge on any atom is -0.454 e. The van der Waals surface area contributed by atoms with Crippen LogP contribution in [-0.2, 0) is 11.3 Å². The monoisotopic (exact) mass is 772 g/mol. The third-order valence-electron chi connectivity index (χ3n) is 8.53. The SMILES string of the molecule is CN1CCN(c2ccc3cc(C=C(C#N)C(=O)NCCCn4c(Sc5cc6c(cc5I)OCO6)nc5c(N)nccc54)ccc3c2)CC1. The number of nitrogens with two attached hydrogens (primary N) is 1. The number of nitrogen functional groups attached to an aromatic ring is 1. The highest BCUT2D eigenvalue weighted by Crippen LogP contribution is 2.41. The summed E-state index contributed by atoms with van der Waals surface area (Å²) in [6, 6.07) is 20.3. The Balaban J connectivity index is 1.02. The molecule has 2 aliphatic heterocycles. The predicted octanol–water partition coefficient (Wildman–Crippen LogP) is 5.52. The molecule has 0 radical (unpaired) electrons. The molecule has 0 atom stereocenters. The number of aryl methyl sites for hydroxylation is 1. The average molecular weight is 773 g/mol. The number of likely N-dealkylation sites (N-methyl/N-ethyl adjacent to an activating group) is 1. The van der Waals surface area contributed by atoms with E-state index in [9.17, 15) is 10.1 Å². The number of pyridine rings is 1. The van der Waals surface area contributed by atoms with Crippen molar-refractivity contribution in [3.8, 4) is 17.6 Å². The largest absolute Gasteiger partial charge is 0.454 e. The number of ether oxygens (including phenoxy) is 2. The molecule has 3 aromatic carbocycles. The Kier molecular flexibility index (Phi) is 9.29. The number of nitrogens with zero attached hydrogens (tertiary/aromatic N) is 6. The molecule has 4 heterocycles. The Hall–Kier alpha value is -4.52. The fourth-order valence-electron chi connectivity index (χ4n) is 5.87. The Labute approximate surface area is 295 Å². The maximum absolute atomic E-state index is 13.1. The zero-order valence-corrected chi connectivity index (χ0v) is 29.3. The van der Waals surface area contributed by atoms with E-state index in [2.05, 4.69) is 78.6 Å². The number of nitriles is 1. The summed E-state index contributed by atoms with van der Waals surface area (Å²) in [4.78, 5) is 27.8. The number of fused-ring (bicyclic) bond motifs is 3. The van der Waals surface area contributed by atoms with Crippen LogP contribution >= 0.6 is 34.4 Å². The van der Waals surface area contributed by atoms with Gasteiger partial charge in [-0.3, -0.25) is 4.79 Å². The van der Waals surface area contributed by atoms with Crippen LogP contribution in [0, 0.1) is 14.9 Å². The number of anilines is 2. The number of carbonyl (C=O) groups excluding carboxylic acids is 1. The number of amides is 1. The van der Waals surface area contributed by atoms with Gasteiger partial charge in [-0.2, -0.15) is 5.26 Å². The number of hydrogen-bond acceptors (Lipinski definition) is 10. The van der Waals surface area contributed by atoms with Gasteiger partial charge in [0.2, 0.25) is 6.79 Å². The van der Waals surface area contributed by atoms with Gasteiger partial charge in [0.05, 0.1) is 5.52 Å². The molecule has 2 aliphatic rings. The number of imidazole rings is 1. The lowest BCUT2D eigenvalue weighted by Gasteiger charge is -2.34. The fourth-order valence-corrected chi connectivity index (χ4v) is 7.60. The summed E-state index contributed by atoms with van der Waals surface area (Å²) in [6.45, 7) is 5.26. The molecule has 0 aliphatic carbocycles. The second-order valence-corrected chi connectivity index (χ2v) is 13.9. The summed E-state index contributed by atoms with van der Waals surface area (Å²) in [5.74, 6) is 1.37. The van der Waals surface area contributed by atoms with Crippen molar-refractivity contribution < 1.29 is 14.3 Å². The molecular formula is C35H33IN8O3S. The van der Waals surface area contributed by atoms with Crippen LogP contribution in [0.3, 0.4) is 0 Å². The molecule has 3 N–H and O–H groups in total. The van der Waals surface area contributed by atoms with Gasteiger partial charge in [-0.05, 0) is 94.9 Å². The van der Waals surface area contributed by atoms with Crippen LogP contribution in [0.5, 0.6) is 11.5 Å². The van der Waals surface area contributed by atoms with E-state index in [1.165, 1.54) is 17.4 Å². The van der Waals surface area contributed by atoms with Crippen LogP contribution in [0.25, 0.3) is 27.9 Å². The molecule has 13 heteroatoms. The van der Waals surface area contributed by atoms with Crippen molar-refractivity contribution in [1.29, 1.82) is 5.26 Å². The normalized spacial score (nSPS) is 14.9. The molecule has 2 aromatic heterocycles. The molecule has 0 bridgehead atoms. The molecule has 48 heavy (non-hydrogen) atoms. The van der Waals surface area contributed by atoms with Gasteiger partial charge >= 0.3 is 0 Å². The first-order valence-electron chi connectivity index (χ1n) is 15.6. The van der Waals surface area contributed by atoms with Gasteiger partial charge in [0.25, 0.3) is 5.91 Å². The molecule has 11 nitrogen and oxygen atoms in total. The number of aromatic nitrogens is 3. The minimum absolute atomic E-state index is 0.0592. The zero-order valence-electron chi connectivity index (χ0n) is 26.3. The van der Waals surface area contributed by atoms with Gasteiger partial charge in [-0.15, -0.1) is 0 Å². The summed E-state index contributed by atoms with van der Waals surface area (Å²) in [5.41, 5.74) is 9.74. The van der Waals surface area contributed by atoms with Crippen molar-refractivity contribution in [3.05, 3.63) is 75.5 Å². The van der Waals surface area contributed by atoms with Crippen LogP contribution in [-0.4, -0.2) is 71.9 Å². The highest BCUT2D eigenvalue weighted by Gasteiger charge is 2.21. The Morgan fingerprint density at radius 3 is 2.67 bits per heavy atom. The smallest absolute Gasteiger partial charge is 0.261 e. The maximum atomic E-state index is 13.1. The lowest BCUT2D eigenvalue weighted by Crippen LogP contribution is -2.44. The van der Waals surface area contributed by atoms with E-state index in [4.69, 9.17) is 20.2 Å². The molecule has 5 aromatic rings. The highest BCUT2D eigenvalue weighted by atomic mass is 127. The van der Waals surface area contributed by atoms with Crippen molar-refractivity contribution in [2.75, 3.05) is 57.2 Å². The second kappa shape index (κ2) is 13.9. The number of halogens is 1.